The first-order valence-electron chi connectivity index (χ1n) is 7.54. The molecule has 0 radical (unpaired) electrons. The van der Waals surface area contributed by atoms with Crippen LogP contribution in [0, 0.1) is 0 Å². The SMILES string of the molecule is NC(=O)c1ccc(-n2ccc(OCc3ccccc3)c(Br)c2=O)cc1. The minimum Gasteiger partial charge on any atom is -0.487 e. The fraction of sp³-hybridized carbons (Fsp3) is 0.0526. The van der Waals surface area contributed by atoms with Crippen molar-refractivity contribution in [3.05, 3.63) is 92.8 Å². The van der Waals surface area contributed by atoms with Crippen LogP contribution in [0.4, 0.5) is 0 Å². The summed E-state index contributed by atoms with van der Waals surface area (Å²) in [6.07, 6.45) is 1.63. The van der Waals surface area contributed by atoms with Crippen LogP contribution in [-0.4, -0.2) is 10.5 Å². The highest BCUT2D eigenvalue weighted by atomic mass is 79.9. The van der Waals surface area contributed by atoms with Gasteiger partial charge in [0.25, 0.3) is 5.56 Å². The second kappa shape index (κ2) is 7.36. The smallest absolute Gasteiger partial charge is 0.273 e. The van der Waals surface area contributed by atoms with E-state index in [1.807, 2.05) is 30.3 Å². The van der Waals surface area contributed by atoms with Gasteiger partial charge in [0.05, 0.1) is 0 Å². The number of carbonyl (C=O) groups excluding carboxylic acids is 1. The molecule has 1 aromatic heterocycles. The lowest BCUT2D eigenvalue weighted by atomic mass is 10.2. The molecule has 0 saturated carbocycles. The summed E-state index contributed by atoms with van der Waals surface area (Å²) in [4.78, 5) is 23.7. The first-order chi connectivity index (χ1) is 12.1. The van der Waals surface area contributed by atoms with Gasteiger partial charge in [0.15, 0.2) is 0 Å². The van der Waals surface area contributed by atoms with Crippen LogP contribution in [0.5, 0.6) is 5.75 Å². The third kappa shape index (κ3) is 3.80. The molecule has 1 amide bonds. The number of ether oxygens (including phenoxy) is 1. The number of benzene rings is 2. The molecule has 2 N–H and O–H groups in total. The highest BCUT2D eigenvalue weighted by Gasteiger charge is 2.10. The Labute approximate surface area is 152 Å². The number of halogens is 1. The van der Waals surface area contributed by atoms with Gasteiger partial charge in [-0.2, -0.15) is 0 Å². The zero-order valence-corrected chi connectivity index (χ0v) is 14.8. The molecule has 0 aliphatic carbocycles. The summed E-state index contributed by atoms with van der Waals surface area (Å²) in [5.41, 5.74) is 7.01. The summed E-state index contributed by atoms with van der Waals surface area (Å²) in [5.74, 6) is -0.0383. The van der Waals surface area contributed by atoms with Crippen molar-refractivity contribution in [1.82, 2.24) is 4.57 Å². The van der Waals surface area contributed by atoms with Crippen molar-refractivity contribution >= 4 is 21.8 Å². The van der Waals surface area contributed by atoms with E-state index in [-0.39, 0.29) is 5.56 Å². The molecule has 1 heterocycles. The molecule has 0 aliphatic heterocycles. The number of rotatable bonds is 5. The number of carbonyl (C=O) groups is 1. The maximum absolute atomic E-state index is 12.6. The lowest BCUT2D eigenvalue weighted by molar-refractivity contribution is 0.100. The van der Waals surface area contributed by atoms with E-state index in [2.05, 4.69) is 15.9 Å². The van der Waals surface area contributed by atoms with E-state index < -0.39 is 5.91 Å². The standard InChI is InChI=1S/C19H15BrN2O3/c20-17-16(25-12-13-4-2-1-3-5-13)10-11-22(19(17)24)15-8-6-14(7-9-15)18(21)23/h1-11H,12H2,(H2,21,23). The van der Waals surface area contributed by atoms with Crippen molar-refractivity contribution in [2.75, 3.05) is 0 Å². The normalized spacial score (nSPS) is 10.4. The first kappa shape index (κ1) is 17.0. The number of primary amides is 1. The number of amides is 1. The maximum Gasteiger partial charge on any atom is 0.273 e. The molecule has 0 unspecified atom stereocenters. The quantitative estimate of drug-likeness (QED) is 0.716. The molecule has 0 aliphatic rings. The Morgan fingerprint density at radius 2 is 1.72 bits per heavy atom. The molecular weight excluding hydrogens is 384 g/mol. The average molecular weight is 399 g/mol. The van der Waals surface area contributed by atoms with Crippen LogP contribution in [0.3, 0.4) is 0 Å². The summed E-state index contributed by atoms with van der Waals surface area (Å²) >= 11 is 3.31. The number of pyridine rings is 1. The number of nitrogens with two attached hydrogens (primary N) is 1. The van der Waals surface area contributed by atoms with Crippen molar-refractivity contribution in [2.45, 2.75) is 6.61 Å². The summed E-state index contributed by atoms with van der Waals surface area (Å²) in [7, 11) is 0. The monoisotopic (exact) mass is 398 g/mol. The van der Waals surface area contributed by atoms with Crippen molar-refractivity contribution in [3.63, 3.8) is 0 Å². The van der Waals surface area contributed by atoms with Gasteiger partial charge in [0, 0.05) is 17.4 Å². The van der Waals surface area contributed by atoms with E-state index in [0.717, 1.165) is 5.56 Å². The molecule has 25 heavy (non-hydrogen) atoms. The maximum atomic E-state index is 12.6. The summed E-state index contributed by atoms with van der Waals surface area (Å²) in [6, 6.07) is 17.9. The Balaban J connectivity index is 1.85. The number of hydrogen-bond donors (Lipinski definition) is 1. The predicted octanol–water partition coefficient (Wildman–Crippen LogP) is 3.28. The highest BCUT2D eigenvalue weighted by molar-refractivity contribution is 9.10. The van der Waals surface area contributed by atoms with E-state index in [1.165, 1.54) is 4.57 Å². The van der Waals surface area contributed by atoms with Gasteiger partial charge in [-0.05, 0) is 51.8 Å². The summed E-state index contributed by atoms with van der Waals surface area (Å²) in [5, 5.41) is 0. The fourth-order valence-corrected chi connectivity index (χ4v) is 2.77. The molecule has 2 aromatic carbocycles. The van der Waals surface area contributed by atoms with E-state index >= 15 is 0 Å². The number of nitrogens with zero attached hydrogens (tertiary/aromatic N) is 1. The van der Waals surface area contributed by atoms with Gasteiger partial charge in [-0.3, -0.25) is 14.2 Å². The average Bonchev–Trinajstić information content (AvgIpc) is 2.64. The Morgan fingerprint density at radius 3 is 2.36 bits per heavy atom. The molecule has 5 nitrogen and oxygen atoms in total. The van der Waals surface area contributed by atoms with Gasteiger partial charge in [-0.25, -0.2) is 0 Å². The van der Waals surface area contributed by atoms with E-state index in [9.17, 15) is 9.59 Å². The van der Waals surface area contributed by atoms with Crippen molar-refractivity contribution < 1.29 is 9.53 Å². The third-order valence-corrected chi connectivity index (χ3v) is 4.40. The van der Waals surface area contributed by atoms with Gasteiger partial charge in [0.2, 0.25) is 5.91 Å². The molecule has 0 bridgehead atoms. The number of hydrogen-bond acceptors (Lipinski definition) is 3. The van der Waals surface area contributed by atoms with Crippen LogP contribution < -0.4 is 16.0 Å². The lowest BCUT2D eigenvalue weighted by Crippen LogP contribution is -2.19. The topological polar surface area (TPSA) is 74.3 Å². The Morgan fingerprint density at radius 1 is 1.04 bits per heavy atom. The van der Waals surface area contributed by atoms with Crippen molar-refractivity contribution in [1.29, 1.82) is 0 Å². The molecular formula is C19H15BrN2O3. The van der Waals surface area contributed by atoms with Gasteiger partial charge in [0.1, 0.15) is 16.8 Å². The molecule has 0 spiro atoms. The zero-order valence-electron chi connectivity index (χ0n) is 13.2. The minimum absolute atomic E-state index is 0.252. The first-order valence-corrected chi connectivity index (χ1v) is 8.33. The van der Waals surface area contributed by atoms with Crippen LogP contribution in [0.1, 0.15) is 15.9 Å². The largest absolute Gasteiger partial charge is 0.487 e. The Bertz CT molecular complexity index is 951. The molecule has 6 heteroatoms. The van der Waals surface area contributed by atoms with Crippen LogP contribution in [0.15, 0.2) is 76.1 Å². The lowest BCUT2D eigenvalue weighted by Gasteiger charge is -2.11. The van der Waals surface area contributed by atoms with Crippen molar-refractivity contribution in [2.24, 2.45) is 5.73 Å². The second-order valence-electron chi connectivity index (χ2n) is 5.35. The van der Waals surface area contributed by atoms with Crippen LogP contribution in [0.25, 0.3) is 5.69 Å². The fourth-order valence-electron chi connectivity index (χ4n) is 2.33. The summed E-state index contributed by atoms with van der Waals surface area (Å²) < 4.78 is 7.52. The van der Waals surface area contributed by atoms with Crippen LogP contribution in [0.2, 0.25) is 0 Å². The minimum atomic E-state index is -0.510. The highest BCUT2D eigenvalue weighted by Crippen LogP contribution is 2.22. The van der Waals surface area contributed by atoms with E-state index in [4.69, 9.17) is 10.5 Å². The van der Waals surface area contributed by atoms with E-state index in [0.29, 0.717) is 28.1 Å². The molecule has 0 fully saturated rings. The molecule has 0 atom stereocenters. The Kier molecular flexibility index (Phi) is 5.00. The van der Waals surface area contributed by atoms with Crippen LogP contribution >= 0.6 is 15.9 Å². The second-order valence-corrected chi connectivity index (χ2v) is 6.15. The van der Waals surface area contributed by atoms with E-state index in [1.54, 1.807) is 36.5 Å². The summed E-state index contributed by atoms with van der Waals surface area (Å²) in [6.45, 7) is 0.371. The van der Waals surface area contributed by atoms with Gasteiger partial charge in [-0.1, -0.05) is 30.3 Å². The number of aromatic nitrogens is 1. The predicted molar refractivity (Wildman–Crippen MR) is 99.0 cm³/mol. The molecule has 126 valence electrons. The Hall–Kier alpha value is -2.86. The van der Waals surface area contributed by atoms with Gasteiger partial charge in [-0.15, -0.1) is 0 Å². The molecule has 3 aromatic rings. The van der Waals surface area contributed by atoms with Gasteiger partial charge < -0.3 is 10.5 Å². The third-order valence-electron chi connectivity index (χ3n) is 3.67. The van der Waals surface area contributed by atoms with Crippen molar-refractivity contribution in [3.8, 4) is 11.4 Å². The molecule has 3 rings (SSSR count). The molecule has 0 saturated heterocycles. The van der Waals surface area contributed by atoms with Gasteiger partial charge >= 0.3 is 0 Å². The zero-order chi connectivity index (χ0) is 17.8. The van der Waals surface area contributed by atoms with Crippen LogP contribution in [-0.2, 0) is 6.61 Å².